The number of hydrogen-bond donors (Lipinski definition) is 0. The molecule has 4 rings (SSSR count). The van der Waals surface area contributed by atoms with Crippen molar-refractivity contribution >= 4 is 16.5 Å². The molecule has 4 heteroatoms. The molecular formula is C18H23N3S. The van der Waals surface area contributed by atoms with Crippen molar-refractivity contribution in [3.05, 3.63) is 47.0 Å². The first-order valence-corrected chi connectivity index (χ1v) is 9.26. The van der Waals surface area contributed by atoms with Crippen LogP contribution in [-0.2, 0) is 6.42 Å². The fourth-order valence-electron chi connectivity index (χ4n) is 3.92. The molecule has 116 valence electrons. The van der Waals surface area contributed by atoms with E-state index in [9.17, 15) is 0 Å². The average Bonchev–Trinajstić information content (AvgIpc) is 2.99. The van der Waals surface area contributed by atoms with Gasteiger partial charge in [0.15, 0.2) is 5.13 Å². The molecule has 0 radical (unpaired) electrons. The lowest BCUT2D eigenvalue weighted by Crippen LogP contribution is -2.35. The molecule has 0 saturated carbocycles. The second-order valence-corrected chi connectivity index (χ2v) is 7.17. The third-order valence-electron chi connectivity index (χ3n) is 5.00. The highest BCUT2D eigenvalue weighted by molar-refractivity contribution is 7.13. The van der Waals surface area contributed by atoms with Crippen LogP contribution in [0.25, 0.3) is 0 Å². The van der Waals surface area contributed by atoms with E-state index in [1.807, 2.05) is 6.20 Å². The number of thiazole rings is 1. The lowest BCUT2D eigenvalue weighted by Gasteiger charge is -2.35. The second kappa shape index (κ2) is 6.39. The van der Waals surface area contributed by atoms with Gasteiger partial charge in [0.05, 0.1) is 0 Å². The molecule has 1 atom stereocenters. The molecule has 1 aromatic heterocycles. The minimum Gasteiger partial charge on any atom is -0.347 e. The van der Waals surface area contributed by atoms with Gasteiger partial charge in [0, 0.05) is 43.8 Å². The van der Waals surface area contributed by atoms with E-state index in [4.69, 9.17) is 0 Å². The molecule has 0 amide bonds. The van der Waals surface area contributed by atoms with Crippen molar-refractivity contribution < 1.29 is 0 Å². The smallest absolute Gasteiger partial charge is 0.185 e. The monoisotopic (exact) mass is 313 g/mol. The Hall–Kier alpha value is -1.39. The van der Waals surface area contributed by atoms with Crippen LogP contribution in [0.4, 0.5) is 5.13 Å². The predicted molar refractivity (Wildman–Crippen MR) is 92.6 cm³/mol. The minimum absolute atomic E-state index is 0.626. The standard InChI is InChI=1S/C18H23N3S/c1-2-7-16-15(5-1)6-3-8-17(16)20-10-4-11-21(13-12-20)18-19-9-14-22-18/h1-2,5,7,9,14,17H,3-4,6,8,10-13H2. The number of fused-ring (bicyclic) bond motifs is 1. The summed E-state index contributed by atoms with van der Waals surface area (Å²) < 4.78 is 0. The maximum atomic E-state index is 4.48. The normalized spacial score (nSPS) is 23.1. The Labute approximate surface area is 136 Å². The van der Waals surface area contributed by atoms with Gasteiger partial charge in [0.2, 0.25) is 0 Å². The van der Waals surface area contributed by atoms with Gasteiger partial charge in [-0.3, -0.25) is 4.90 Å². The van der Waals surface area contributed by atoms with E-state index >= 15 is 0 Å². The largest absolute Gasteiger partial charge is 0.347 e. The fraction of sp³-hybridized carbons (Fsp3) is 0.500. The van der Waals surface area contributed by atoms with Gasteiger partial charge in [-0.1, -0.05) is 24.3 Å². The van der Waals surface area contributed by atoms with Gasteiger partial charge < -0.3 is 4.90 Å². The third kappa shape index (κ3) is 2.77. The summed E-state index contributed by atoms with van der Waals surface area (Å²) in [6.07, 6.45) is 7.05. The maximum Gasteiger partial charge on any atom is 0.185 e. The first-order valence-electron chi connectivity index (χ1n) is 8.38. The molecule has 2 aliphatic rings. The van der Waals surface area contributed by atoms with Crippen molar-refractivity contribution in [2.75, 3.05) is 31.1 Å². The van der Waals surface area contributed by atoms with Crippen molar-refractivity contribution in [3.8, 4) is 0 Å². The topological polar surface area (TPSA) is 19.4 Å². The number of benzene rings is 1. The minimum atomic E-state index is 0.626. The van der Waals surface area contributed by atoms with Crippen LogP contribution in [0.1, 0.15) is 36.4 Å². The van der Waals surface area contributed by atoms with E-state index in [2.05, 4.69) is 44.4 Å². The van der Waals surface area contributed by atoms with Crippen molar-refractivity contribution in [1.82, 2.24) is 9.88 Å². The summed E-state index contributed by atoms with van der Waals surface area (Å²) >= 11 is 1.76. The summed E-state index contributed by atoms with van der Waals surface area (Å²) in [4.78, 5) is 9.65. The molecular weight excluding hydrogens is 290 g/mol. The van der Waals surface area contributed by atoms with Crippen LogP contribution < -0.4 is 4.90 Å². The number of aromatic nitrogens is 1. The first-order chi connectivity index (χ1) is 10.9. The summed E-state index contributed by atoms with van der Waals surface area (Å²) in [6, 6.07) is 9.69. The van der Waals surface area contributed by atoms with Crippen LogP contribution >= 0.6 is 11.3 Å². The lowest BCUT2D eigenvalue weighted by atomic mass is 9.87. The molecule has 2 aromatic rings. The molecule has 1 saturated heterocycles. The van der Waals surface area contributed by atoms with E-state index in [0.717, 1.165) is 19.6 Å². The first kappa shape index (κ1) is 14.2. The molecule has 0 spiro atoms. The molecule has 0 bridgehead atoms. The summed E-state index contributed by atoms with van der Waals surface area (Å²) in [5, 5.41) is 3.26. The van der Waals surface area contributed by atoms with Crippen LogP contribution in [0, 0.1) is 0 Å². The van der Waals surface area contributed by atoms with Gasteiger partial charge in [-0.2, -0.15) is 0 Å². The molecule has 1 unspecified atom stereocenters. The van der Waals surface area contributed by atoms with E-state index in [0.29, 0.717) is 6.04 Å². The Bertz CT molecular complexity index is 611. The Kier molecular flexibility index (Phi) is 4.13. The van der Waals surface area contributed by atoms with Gasteiger partial charge in [-0.15, -0.1) is 11.3 Å². The van der Waals surface area contributed by atoms with E-state index in [1.54, 1.807) is 22.5 Å². The SMILES string of the molecule is c1ccc2c(c1)CCCC2N1CCCN(c2nccs2)CC1. The highest BCUT2D eigenvalue weighted by atomic mass is 32.1. The Morgan fingerprint density at radius 2 is 2.00 bits per heavy atom. The maximum absolute atomic E-state index is 4.48. The summed E-state index contributed by atoms with van der Waals surface area (Å²) in [7, 11) is 0. The van der Waals surface area contributed by atoms with Crippen LogP contribution in [-0.4, -0.2) is 36.1 Å². The van der Waals surface area contributed by atoms with E-state index in [1.165, 1.54) is 37.4 Å². The van der Waals surface area contributed by atoms with Crippen molar-refractivity contribution in [1.29, 1.82) is 0 Å². The van der Waals surface area contributed by atoms with Gasteiger partial charge in [-0.25, -0.2) is 4.98 Å². The summed E-state index contributed by atoms with van der Waals surface area (Å²) in [5.41, 5.74) is 3.15. The highest BCUT2D eigenvalue weighted by Gasteiger charge is 2.27. The van der Waals surface area contributed by atoms with Crippen molar-refractivity contribution in [3.63, 3.8) is 0 Å². The summed E-state index contributed by atoms with van der Waals surface area (Å²) in [6.45, 7) is 4.60. The highest BCUT2D eigenvalue weighted by Crippen LogP contribution is 2.35. The molecule has 1 aliphatic heterocycles. The van der Waals surface area contributed by atoms with Crippen molar-refractivity contribution in [2.45, 2.75) is 31.7 Å². The van der Waals surface area contributed by atoms with E-state index in [-0.39, 0.29) is 0 Å². The third-order valence-corrected chi connectivity index (χ3v) is 5.83. The lowest BCUT2D eigenvalue weighted by molar-refractivity contribution is 0.191. The van der Waals surface area contributed by atoms with Crippen LogP contribution in [0.15, 0.2) is 35.8 Å². The van der Waals surface area contributed by atoms with E-state index < -0.39 is 0 Å². The van der Waals surface area contributed by atoms with Gasteiger partial charge in [0.1, 0.15) is 0 Å². The number of aryl methyl sites for hydroxylation is 1. The van der Waals surface area contributed by atoms with Crippen LogP contribution in [0.3, 0.4) is 0 Å². The Balaban J connectivity index is 1.50. The van der Waals surface area contributed by atoms with Gasteiger partial charge >= 0.3 is 0 Å². The fourth-order valence-corrected chi connectivity index (χ4v) is 4.62. The zero-order valence-electron chi connectivity index (χ0n) is 12.9. The number of nitrogens with zero attached hydrogens (tertiary/aromatic N) is 3. The molecule has 3 nitrogen and oxygen atoms in total. The van der Waals surface area contributed by atoms with Gasteiger partial charge in [0.25, 0.3) is 0 Å². The molecule has 0 N–H and O–H groups in total. The Morgan fingerprint density at radius 1 is 1.05 bits per heavy atom. The average molecular weight is 313 g/mol. The zero-order valence-corrected chi connectivity index (χ0v) is 13.8. The molecule has 22 heavy (non-hydrogen) atoms. The molecule has 1 aromatic carbocycles. The Morgan fingerprint density at radius 3 is 2.91 bits per heavy atom. The quantitative estimate of drug-likeness (QED) is 0.842. The van der Waals surface area contributed by atoms with Crippen LogP contribution in [0.5, 0.6) is 0 Å². The van der Waals surface area contributed by atoms with Crippen molar-refractivity contribution in [2.24, 2.45) is 0 Å². The number of hydrogen-bond acceptors (Lipinski definition) is 4. The summed E-state index contributed by atoms with van der Waals surface area (Å²) in [5.74, 6) is 0. The number of anilines is 1. The van der Waals surface area contributed by atoms with Crippen LogP contribution in [0.2, 0.25) is 0 Å². The predicted octanol–water partition coefficient (Wildman–Crippen LogP) is 3.73. The molecule has 1 fully saturated rings. The molecule has 2 heterocycles. The molecule has 1 aliphatic carbocycles. The zero-order chi connectivity index (χ0) is 14.8. The van der Waals surface area contributed by atoms with Gasteiger partial charge in [-0.05, 0) is 36.8 Å². The second-order valence-electron chi connectivity index (χ2n) is 6.30. The number of rotatable bonds is 2.